The van der Waals surface area contributed by atoms with E-state index in [1.54, 1.807) is 0 Å². The van der Waals surface area contributed by atoms with Crippen LogP contribution >= 0.6 is 0 Å². The molecule has 0 saturated carbocycles. The van der Waals surface area contributed by atoms with E-state index >= 15 is 0 Å². The molecule has 0 bridgehead atoms. The first-order valence-electron chi connectivity index (χ1n) is 6.64. The fourth-order valence-corrected chi connectivity index (χ4v) is 2.38. The number of benzene rings is 1. The molecule has 0 spiro atoms. The Morgan fingerprint density at radius 3 is 2.61 bits per heavy atom. The Labute approximate surface area is 109 Å². The smallest absolute Gasteiger partial charge is 0.243 e. The van der Waals surface area contributed by atoms with Crippen LogP contribution in [0.5, 0.6) is 0 Å². The lowest BCUT2D eigenvalue weighted by Crippen LogP contribution is -2.25. The summed E-state index contributed by atoms with van der Waals surface area (Å²) >= 11 is 0. The molecule has 1 aromatic rings. The fourth-order valence-electron chi connectivity index (χ4n) is 2.38. The Morgan fingerprint density at radius 1 is 1.22 bits per heavy atom. The van der Waals surface area contributed by atoms with Crippen LogP contribution in [0.3, 0.4) is 0 Å². The minimum atomic E-state index is -0.0842. The zero-order valence-electron chi connectivity index (χ0n) is 10.8. The largest absolute Gasteiger partial charge is 0.313 e. The molecule has 0 heterocycles. The molecule has 1 radical (unpaired) electrons. The van der Waals surface area contributed by atoms with Crippen molar-refractivity contribution in [1.29, 1.82) is 0 Å². The molecule has 1 aliphatic rings. The number of rotatable bonds is 5. The molecule has 2 rings (SSSR count). The van der Waals surface area contributed by atoms with Gasteiger partial charge in [0, 0.05) is 12.2 Å². The minimum Gasteiger partial charge on any atom is -0.313 e. The van der Waals surface area contributed by atoms with Gasteiger partial charge < -0.3 is 4.90 Å². The summed E-state index contributed by atoms with van der Waals surface area (Å²) in [5.74, 6) is -0.0842. The van der Waals surface area contributed by atoms with Crippen LogP contribution in [0.15, 0.2) is 54.6 Å². The van der Waals surface area contributed by atoms with Crippen LogP contribution in [0.25, 0.3) is 0 Å². The summed E-state index contributed by atoms with van der Waals surface area (Å²) in [6.07, 6.45) is 7.60. The highest BCUT2D eigenvalue weighted by Crippen LogP contribution is 2.23. The van der Waals surface area contributed by atoms with Gasteiger partial charge >= 0.3 is 0 Å². The first-order chi connectivity index (χ1) is 8.77. The summed E-state index contributed by atoms with van der Waals surface area (Å²) in [6.45, 7) is 4.31. The van der Waals surface area contributed by atoms with Crippen LogP contribution in [0.4, 0.5) is 0 Å². The molecule has 0 fully saturated rings. The Balaban J connectivity index is 1.99. The fraction of sp³-hybridized carbons (Fsp3) is 0.375. The van der Waals surface area contributed by atoms with Crippen molar-refractivity contribution in [1.82, 2.24) is 4.90 Å². The molecule has 18 heavy (non-hydrogen) atoms. The Kier molecular flexibility index (Phi) is 4.46. The van der Waals surface area contributed by atoms with E-state index < -0.39 is 0 Å². The SMILES string of the molecule is C=C([O])N(CCc1ccccc1)C1=CCCCC1. The van der Waals surface area contributed by atoms with Crippen LogP contribution in [-0.4, -0.2) is 11.4 Å². The number of allylic oxidation sites excluding steroid dienone is 2. The van der Waals surface area contributed by atoms with E-state index in [-0.39, 0.29) is 5.88 Å². The normalized spacial score (nSPS) is 15.0. The Hall–Kier alpha value is -1.70. The van der Waals surface area contributed by atoms with Crippen molar-refractivity contribution in [3.8, 4) is 0 Å². The average molecular weight is 242 g/mol. The van der Waals surface area contributed by atoms with E-state index in [9.17, 15) is 5.11 Å². The summed E-state index contributed by atoms with van der Waals surface area (Å²) < 4.78 is 0. The molecule has 1 aliphatic carbocycles. The Morgan fingerprint density at radius 2 is 2.00 bits per heavy atom. The third-order valence-corrected chi connectivity index (χ3v) is 3.38. The lowest BCUT2D eigenvalue weighted by atomic mass is 10.0. The molecule has 95 valence electrons. The van der Waals surface area contributed by atoms with Crippen molar-refractivity contribution in [3.05, 3.63) is 60.1 Å². The summed E-state index contributed by atoms with van der Waals surface area (Å²) in [5.41, 5.74) is 2.43. The number of nitrogens with zero attached hydrogens (tertiary/aromatic N) is 1. The van der Waals surface area contributed by atoms with Gasteiger partial charge in [-0.3, -0.25) is 5.11 Å². The molecular weight excluding hydrogens is 222 g/mol. The van der Waals surface area contributed by atoms with Crippen molar-refractivity contribution in [3.63, 3.8) is 0 Å². The molecule has 0 N–H and O–H groups in total. The maximum atomic E-state index is 11.6. The predicted octanol–water partition coefficient (Wildman–Crippen LogP) is 3.89. The van der Waals surface area contributed by atoms with Gasteiger partial charge in [-0.05, 0) is 44.2 Å². The van der Waals surface area contributed by atoms with Crippen molar-refractivity contribution in [2.45, 2.75) is 32.1 Å². The second-order valence-corrected chi connectivity index (χ2v) is 4.72. The highest BCUT2D eigenvalue weighted by Gasteiger charge is 2.15. The van der Waals surface area contributed by atoms with E-state index in [4.69, 9.17) is 0 Å². The van der Waals surface area contributed by atoms with Gasteiger partial charge in [0.05, 0.1) is 0 Å². The number of hydrogen-bond donors (Lipinski definition) is 0. The summed E-state index contributed by atoms with van der Waals surface area (Å²) in [7, 11) is 0. The van der Waals surface area contributed by atoms with E-state index in [0.717, 1.165) is 31.5 Å². The highest BCUT2D eigenvalue weighted by atomic mass is 16.3. The third-order valence-electron chi connectivity index (χ3n) is 3.38. The van der Waals surface area contributed by atoms with Crippen LogP contribution in [0.1, 0.15) is 31.2 Å². The van der Waals surface area contributed by atoms with Gasteiger partial charge in [-0.25, -0.2) is 0 Å². The van der Waals surface area contributed by atoms with Gasteiger partial charge in [-0.1, -0.05) is 36.4 Å². The third kappa shape index (κ3) is 3.39. The van der Waals surface area contributed by atoms with Crippen molar-refractivity contribution < 1.29 is 5.11 Å². The van der Waals surface area contributed by atoms with Gasteiger partial charge in [0.2, 0.25) is 5.88 Å². The molecule has 0 aliphatic heterocycles. The summed E-state index contributed by atoms with van der Waals surface area (Å²) in [4.78, 5) is 1.84. The van der Waals surface area contributed by atoms with E-state index in [2.05, 4.69) is 24.8 Å². The molecule has 0 unspecified atom stereocenters. The zero-order valence-corrected chi connectivity index (χ0v) is 10.8. The average Bonchev–Trinajstić information content (AvgIpc) is 2.41. The van der Waals surface area contributed by atoms with Crippen LogP contribution in [-0.2, 0) is 11.5 Å². The standard InChI is InChI=1S/C16H20NO/c1-14(18)17(16-10-6-3-7-11-16)13-12-15-8-4-2-5-9-15/h2,4-5,8-10H,1,3,6-7,11-13H2. The first-order valence-corrected chi connectivity index (χ1v) is 6.64. The topological polar surface area (TPSA) is 23.1 Å². The maximum Gasteiger partial charge on any atom is 0.243 e. The lowest BCUT2D eigenvalue weighted by molar-refractivity contribution is 0.171. The number of hydrogen-bond acceptors (Lipinski definition) is 1. The van der Waals surface area contributed by atoms with Crippen molar-refractivity contribution >= 4 is 0 Å². The van der Waals surface area contributed by atoms with Gasteiger partial charge in [0.1, 0.15) is 0 Å². The second-order valence-electron chi connectivity index (χ2n) is 4.72. The van der Waals surface area contributed by atoms with E-state index in [1.165, 1.54) is 18.4 Å². The van der Waals surface area contributed by atoms with Crippen LogP contribution < -0.4 is 0 Å². The van der Waals surface area contributed by atoms with Crippen LogP contribution in [0, 0.1) is 0 Å². The molecule has 0 saturated heterocycles. The van der Waals surface area contributed by atoms with Gasteiger partial charge in [0.15, 0.2) is 0 Å². The Bertz CT molecular complexity index is 422. The van der Waals surface area contributed by atoms with Gasteiger partial charge in [-0.2, -0.15) is 0 Å². The first kappa shape index (κ1) is 12.7. The summed E-state index contributed by atoms with van der Waals surface area (Å²) in [5, 5.41) is 11.6. The molecular formula is C16H20NO. The lowest BCUT2D eigenvalue weighted by Gasteiger charge is -2.26. The van der Waals surface area contributed by atoms with E-state index in [0.29, 0.717) is 0 Å². The molecule has 2 heteroatoms. The molecule has 2 nitrogen and oxygen atoms in total. The van der Waals surface area contributed by atoms with Gasteiger partial charge in [0.25, 0.3) is 0 Å². The van der Waals surface area contributed by atoms with Gasteiger partial charge in [-0.15, -0.1) is 0 Å². The monoisotopic (exact) mass is 242 g/mol. The quantitative estimate of drug-likeness (QED) is 0.718. The minimum absolute atomic E-state index is 0.0842. The maximum absolute atomic E-state index is 11.6. The van der Waals surface area contributed by atoms with Crippen LogP contribution in [0.2, 0.25) is 0 Å². The summed E-state index contributed by atoms with van der Waals surface area (Å²) in [6, 6.07) is 10.3. The van der Waals surface area contributed by atoms with Crippen molar-refractivity contribution in [2.24, 2.45) is 0 Å². The molecule has 0 atom stereocenters. The highest BCUT2D eigenvalue weighted by molar-refractivity contribution is 5.16. The zero-order chi connectivity index (χ0) is 12.8. The van der Waals surface area contributed by atoms with Crippen molar-refractivity contribution in [2.75, 3.05) is 6.54 Å². The molecule has 0 amide bonds. The second kappa shape index (κ2) is 6.29. The predicted molar refractivity (Wildman–Crippen MR) is 73.2 cm³/mol. The molecule has 1 aromatic carbocycles. The van der Waals surface area contributed by atoms with E-state index in [1.807, 2.05) is 23.1 Å². The molecule has 0 aromatic heterocycles.